The SMILES string of the molecule is Fc1cccc(-c2ccc3c(c2)CNCc2cnnn2-3)c1. The van der Waals surface area contributed by atoms with Crippen LogP contribution in [0.25, 0.3) is 16.8 Å². The minimum absolute atomic E-state index is 0.223. The monoisotopic (exact) mass is 280 g/mol. The maximum atomic E-state index is 13.4. The Bertz CT molecular complexity index is 810. The van der Waals surface area contributed by atoms with Crippen molar-refractivity contribution in [2.24, 2.45) is 0 Å². The first-order chi connectivity index (χ1) is 10.3. The summed E-state index contributed by atoms with van der Waals surface area (Å²) in [6.07, 6.45) is 1.77. The molecule has 104 valence electrons. The zero-order chi connectivity index (χ0) is 14.2. The van der Waals surface area contributed by atoms with Crippen LogP contribution < -0.4 is 5.32 Å². The first-order valence-corrected chi connectivity index (χ1v) is 6.81. The summed E-state index contributed by atoms with van der Waals surface area (Å²) in [5.74, 6) is -0.223. The normalized spacial score (nSPS) is 13.4. The number of rotatable bonds is 1. The first-order valence-electron chi connectivity index (χ1n) is 6.81. The number of hydrogen-bond donors (Lipinski definition) is 1. The lowest BCUT2D eigenvalue weighted by Crippen LogP contribution is -2.10. The zero-order valence-corrected chi connectivity index (χ0v) is 11.3. The lowest BCUT2D eigenvalue weighted by Gasteiger charge is -2.10. The van der Waals surface area contributed by atoms with Gasteiger partial charge in [-0.3, -0.25) is 0 Å². The second-order valence-electron chi connectivity index (χ2n) is 5.09. The quantitative estimate of drug-likeness (QED) is 0.745. The van der Waals surface area contributed by atoms with Gasteiger partial charge in [0.2, 0.25) is 0 Å². The van der Waals surface area contributed by atoms with Crippen molar-refractivity contribution in [1.29, 1.82) is 0 Å². The van der Waals surface area contributed by atoms with Crippen molar-refractivity contribution in [2.45, 2.75) is 13.1 Å². The van der Waals surface area contributed by atoms with E-state index in [0.717, 1.165) is 41.2 Å². The molecule has 0 unspecified atom stereocenters. The van der Waals surface area contributed by atoms with Crippen LogP contribution in [0.4, 0.5) is 4.39 Å². The topological polar surface area (TPSA) is 42.7 Å². The molecule has 2 heterocycles. The standard InChI is InChI=1S/C16H13FN4/c17-14-3-1-2-11(7-14)12-4-5-16-13(6-12)8-18-9-15-10-19-20-21(15)16/h1-7,10,18H,8-9H2. The highest BCUT2D eigenvalue weighted by Crippen LogP contribution is 2.26. The number of aromatic nitrogens is 3. The Balaban J connectivity index is 1.84. The van der Waals surface area contributed by atoms with E-state index < -0.39 is 0 Å². The molecule has 1 aliphatic heterocycles. The Hall–Kier alpha value is -2.53. The summed E-state index contributed by atoms with van der Waals surface area (Å²) in [4.78, 5) is 0. The molecule has 4 nitrogen and oxygen atoms in total. The predicted octanol–water partition coefficient (Wildman–Crippen LogP) is 2.68. The fraction of sp³-hybridized carbons (Fsp3) is 0.125. The van der Waals surface area contributed by atoms with Crippen molar-refractivity contribution in [3.8, 4) is 16.8 Å². The number of nitrogens with one attached hydrogen (secondary N) is 1. The third-order valence-corrected chi connectivity index (χ3v) is 3.71. The molecular formula is C16H13FN4. The van der Waals surface area contributed by atoms with Gasteiger partial charge in [-0.1, -0.05) is 23.4 Å². The second-order valence-corrected chi connectivity index (χ2v) is 5.09. The summed E-state index contributed by atoms with van der Waals surface area (Å²) in [7, 11) is 0. The minimum atomic E-state index is -0.223. The van der Waals surface area contributed by atoms with Crippen LogP contribution in [-0.2, 0) is 13.1 Å². The largest absolute Gasteiger partial charge is 0.307 e. The number of benzene rings is 2. The number of hydrogen-bond acceptors (Lipinski definition) is 3. The molecule has 0 saturated heterocycles. The summed E-state index contributed by atoms with van der Waals surface area (Å²) in [6.45, 7) is 1.48. The van der Waals surface area contributed by atoms with E-state index in [4.69, 9.17) is 0 Å². The zero-order valence-electron chi connectivity index (χ0n) is 11.3. The van der Waals surface area contributed by atoms with E-state index in [0.29, 0.717) is 0 Å². The molecule has 1 aromatic heterocycles. The van der Waals surface area contributed by atoms with Gasteiger partial charge in [-0.05, 0) is 41.0 Å². The van der Waals surface area contributed by atoms with Crippen molar-refractivity contribution < 1.29 is 4.39 Å². The molecule has 3 aromatic rings. The summed E-state index contributed by atoms with van der Waals surface area (Å²) in [6, 6.07) is 12.7. The highest BCUT2D eigenvalue weighted by atomic mass is 19.1. The molecule has 0 radical (unpaired) electrons. The van der Waals surface area contributed by atoms with Crippen LogP contribution in [0.5, 0.6) is 0 Å². The molecule has 0 saturated carbocycles. The maximum Gasteiger partial charge on any atom is 0.123 e. The van der Waals surface area contributed by atoms with E-state index in [2.05, 4.69) is 21.7 Å². The number of halogens is 1. The lowest BCUT2D eigenvalue weighted by atomic mass is 10.0. The van der Waals surface area contributed by atoms with Crippen molar-refractivity contribution >= 4 is 0 Å². The lowest BCUT2D eigenvalue weighted by molar-refractivity contribution is 0.628. The molecule has 2 aromatic carbocycles. The Morgan fingerprint density at radius 2 is 1.95 bits per heavy atom. The van der Waals surface area contributed by atoms with Gasteiger partial charge < -0.3 is 5.32 Å². The van der Waals surface area contributed by atoms with Gasteiger partial charge in [0.05, 0.1) is 17.6 Å². The number of nitrogens with zero attached hydrogens (tertiary/aromatic N) is 3. The molecule has 4 rings (SSSR count). The average molecular weight is 280 g/mol. The van der Waals surface area contributed by atoms with E-state index in [1.807, 2.05) is 22.9 Å². The van der Waals surface area contributed by atoms with E-state index in [-0.39, 0.29) is 5.82 Å². The molecule has 1 aliphatic rings. The van der Waals surface area contributed by atoms with Gasteiger partial charge in [-0.2, -0.15) is 0 Å². The summed E-state index contributed by atoms with van der Waals surface area (Å²) in [5, 5.41) is 11.5. The smallest absolute Gasteiger partial charge is 0.123 e. The Labute approximate surface area is 121 Å². The van der Waals surface area contributed by atoms with Gasteiger partial charge in [0.1, 0.15) is 5.82 Å². The summed E-state index contributed by atoms with van der Waals surface area (Å²) in [5.41, 5.74) is 5.06. The predicted molar refractivity (Wildman–Crippen MR) is 77.3 cm³/mol. The van der Waals surface area contributed by atoms with Gasteiger partial charge in [-0.25, -0.2) is 9.07 Å². The Kier molecular flexibility index (Phi) is 2.79. The molecular weight excluding hydrogens is 267 g/mol. The van der Waals surface area contributed by atoms with Crippen LogP contribution in [0.1, 0.15) is 11.3 Å². The van der Waals surface area contributed by atoms with Crippen LogP contribution in [-0.4, -0.2) is 15.0 Å². The second kappa shape index (κ2) is 4.79. The fourth-order valence-electron chi connectivity index (χ4n) is 2.69. The highest BCUT2D eigenvalue weighted by molar-refractivity contribution is 5.66. The van der Waals surface area contributed by atoms with Crippen LogP contribution in [0.2, 0.25) is 0 Å². The summed E-state index contributed by atoms with van der Waals surface area (Å²) >= 11 is 0. The van der Waals surface area contributed by atoms with E-state index in [9.17, 15) is 4.39 Å². The third kappa shape index (κ3) is 2.11. The minimum Gasteiger partial charge on any atom is -0.307 e. The average Bonchev–Trinajstić information content (AvgIpc) is 2.89. The van der Waals surface area contributed by atoms with Crippen molar-refractivity contribution in [3.05, 3.63) is 65.7 Å². The first kappa shape index (κ1) is 12.2. The fourth-order valence-corrected chi connectivity index (χ4v) is 2.69. The molecule has 5 heteroatoms. The summed E-state index contributed by atoms with van der Waals surface area (Å²) < 4.78 is 15.2. The van der Waals surface area contributed by atoms with E-state index in [1.165, 1.54) is 6.07 Å². The van der Waals surface area contributed by atoms with E-state index >= 15 is 0 Å². The third-order valence-electron chi connectivity index (χ3n) is 3.71. The van der Waals surface area contributed by atoms with Crippen LogP contribution in [0.3, 0.4) is 0 Å². The Morgan fingerprint density at radius 3 is 2.86 bits per heavy atom. The van der Waals surface area contributed by atoms with Gasteiger partial charge in [0.15, 0.2) is 0 Å². The molecule has 21 heavy (non-hydrogen) atoms. The van der Waals surface area contributed by atoms with E-state index in [1.54, 1.807) is 18.3 Å². The van der Waals surface area contributed by atoms with Crippen LogP contribution in [0.15, 0.2) is 48.7 Å². The van der Waals surface area contributed by atoms with Crippen molar-refractivity contribution in [1.82, 2.24) is 20.3 Å². The van der Waals surface area contributed by atoms with Gasteiger partial charge >= 0.3 is 0 Å². The molecule has 0 bridgehead atoms. The van der Waals surface area contributed by atoms with Crippen LogP contribution >= 0.6 is 0 Å². The van der Waals surface area contributed by atoms with Crippen molar-refractivity contribution in [3.63, 3.8) is 0 Å². The molecule has 0 fully saturated rings. The van der Waals surface area contributed by atoms with Gasteiger partial charge in [0.25, 0.3) is 0 Å². The molecule has 0 aliphatic carbocycles. The molecule has 1 N–H and O–H groups in total. The number of fused-ring (bicyclic) bond motifs is 3. The van der Waals surface area contributed by atoms with Gasteiger partial charge in [0, 0.05) is 13.1 Å². The molecule has 0 spiro atoms. The van der Waals surface area contributed by atoms with Crippen LogP contribution in [0, 0.1) is 5.82 Å². The van der Waals surface area contributed by atoms with Crippen molar-refractivity contribution in [2.75, 3.05) is 0 Å². The highest BCUT2D eigenvalue weighted by Gasteiger charge is 2.15. The maximum absolute atomic E-state index is 13.4. The molecule has 0 amide bonds. The Morgan fingerprint density at radius 1 is 1.05 bits per heavy atom. The van der Waals surface area contributed by atoms with Gasteiger partial charge in [-0.15, -0.1) is 5.10 Å². The molecule has 0 atom stereocenters.